The number of hydrogen-bond acceptors (Lipinski definition) is 1. The van der Waals surface area contributed by atoms with E-state index in [1.54, 1.807) is 6.92 Å². The highest BCUT2D eigenvalue weighted by Gasteiger charge is 2.38. The number of aryl methyl sites for hydroxylation is 1. The molecule has 0 bridgehead atoms. The summed E-state index contributed by atoms with van der Waals surface area (Å²) in [6.45, 7) is 1.58. The zero-order valence-corrected chi connectivity index (χ0v) is 7.65. The van der Waals surface area contributed by atoms with Crippen molar-refractivity contribution >= 4 is 11.6 Å². The molecule has 15 heavy (non-hydrogen) atoms. The summed E-state index contributed by atoms with van der Waals surface area (Å²) in [6.07, 6.45) is -5.02. The Morgan fingerprint density at radius 2 is 1.93 bits per heavy atom. The highest BCUT2D eigenvalue weighted by atomic mass is 19.4. The van der Waals surface area contributed by atoms with Gasteiger partial charge in [-0.2, -0.15) is 13.2 Å². The third-order valence-corrected chi connectivity index (χ3v) is 1.63. The Hall–Kier alpha value is -1.59. The molecule has 0 radical (unpaired) electrons. The van der Waals surface area contributed by atoms with Crippen LogP contribution in [0.3, 0.4) is 0 Å². The fraction of sp³-hybridized carbons (Fsp3) is 0.222. The lowest BCUT2D eigenvalue weighted by atomic mass is 10.2. The van der Waals surface area contributed by atoms with Crippen LogP contribution in [0, 0.1) is 12.7 Å². The Bertz CT molecular complexity index is 386. The van der Waals surface area contributed by atoms with Crippen LogP contribution in [0.4, 0.5) is 23.2 Å². The third-order valence-electron chi connectivity index (χ3n) is 1.63. The fourth-order valence-corrected chi connectivity index (χ4v) is 0.915. The first-order chi connectivity index (χ1) is 6.80. The summed E-state index contributed by atoms with van der Waals surface area (Å²) >= 11 is 0. The molecule has 1 amide bonds. The molecule has 0 spiro atoms. The van der Waals surface area contributed by atoms with Crippen molar-refractivity contribution in [2.24, 2.45) is 0 Å². The second-order valence-electron chi connectivity index (χ2n) is 2.94. The van der Waals surface area contributed by atoms with Gasteiger partial charge in [-0.05, 0) is 24.6 Å². The number of rotatable bonds is 1. The van der Waals surface area contributed by atoms with Crippen LogP contribution in [0.5, 0.6) is 0 Å². The van der Waals surface area contributed by atoms with Crippen molar-refractivity contribution in [3.05, 3.63) is 29.6 Å². The normalized spacial score (nSPS) is 11.3. The number of alkyl halides is 3. The van der Waals surface area contributed by atoms with Crippen LogP contribution in [-0.2, 0) is 4.79 Å². The molecule has 0 aromatic heterocycles. The van der Waals surface area contributed by atoms with Crippen molar-refractivity contribution in [2.45, 2.75) is 13.1 Å². The molecule has 0 saturated carbocycles. The van der Waals surface area contributed by atoms with Gasteiger partial charge in [0.15, 0.2) is 0 Å². The van der Waals surface area contributed by atoms with Crippen LogP contribution < -0.4 is 5.32 Å². The maximum absolute atomic E-state index is 13.0. The third kappa shape index (κ3) is 2.93. The fourth-order valence-electron chi connectivity index (χ4n) is 0.915. The zero-order chi connectivity index (χ0) is 11.6. The Kier molecular flexibility index (Phi) is 2.97. The lowest BCUT2D eigenvalue weighted by molar-refractivity contribution is -0.167. The van der Waals surface area contributed by atoms with Gasteiger partial charge in [-0.1, -0.05) is 6.07 Å². The van der Waals surface area contributed by atoms with E-state index in [9.17, 15) is 22.4 Å². The van der Waals surface area contributed by atoms with Gasteiger partial charge in [0, 0.05) is 0 Å². The summed E-state index contributed by atoms with van der Waals surface area (Å²) in [7, 11) is 0. The molecule has 0 atom stereocenters. The lowest BCUT2D eigenvalue weighted by Crippen LogP contribution is -2.30. The smallest absolute Gasteiger partial charge is 0.316 e. The van der Waals surface area contributed by atoms with E-state index in [-0.39, 0.29) is 0 Å². The van der Waals surface area contributed by atoms with Crippen molar-refractivity contribution < 1.29 is 22.4 Å². The summed E-state index contributed by atoms with van der Waals surface area (Å²) in [4.78, 5) is 10.5. The van der Waals surface area contributed by atoms with E-state index >= 15 is 0 Å². The van der Waals surface area contributed by atoms with Gasteiger partial charge in [-0.25, -0.2) is 4.39 Å². The van der Waals surface area contributed by atoms with E-state index in [1.807, 2.05) is 0 Å². The minimum Gasteiger partial charge on any atom is -0.316 e. The number of amides is 1. The van der Waals surface area contributed by atoms with Gasteiger partial charge in [0.1, 0.15) is 5.82 Å². The summed E-state index contributed by atoms with van der Waals surface area (Å²) in [5, 5.41) is 1.44. The van der Waals surface area contributed by atoms with Gasteiger partial charge in [-0.15, -0.1) is 0 Å². The molecule has 1 N–H and O–H groups in total. The standard InChI is InChI=1S/C9H7F4NO/c1-5-2-3-7(6(10)4-5)14-8(15)9(11,12)13/h2-4H,1H3,(H,14,15). The van der Waals surface area contributed by atoms with Crippen molar-refractivity contribution in [2.75, 3.05) is 5.32 Å². The zero-order valence-electron chi connectivity index (χ0n) is 7.65. The van der Waals surface area contributed by atoms with Gasteiger partial charge in [-0.3, -0.25) is 4.79 Å². The number of carbonyl (C=O) groups is 1. The second-order valence-corrected chi connectivity index (χ2v) is 2.94. The molecule has 82 valence electrons. The average molecular weight is 221 g/mol. The predicted molar refractivity (Wildman–Crippen MR) is 45.8 cm³/mol. The van der Waals surface area contributed by atoms with Crippen molar-refractivity contribution in [3.8, 4) is 0 Å². The van der Waals surface area contributed by atoms with Crippen LogP contribution in [0.15, 0.2) is 18.2 Å². The first kappa shape index (κ1) is 11.5. The quantitative estimate of drug-likeness (QED) is 0.725. The molecular formula is C9H7F4NO. The molecule has 0 aliphatic heterocycles. The topological polar surface area (TPSA) is 29.1 Å². The molecule has 0 saturated heterocycles. The Morgan fingerprint density at radius 1 is 1.33 bits per heavy atom. The SMILES string of the molecule is Cc1ccc(NC(=O)C(F)(F)F)c(F)c1. The number of benzene rings is 1. The van der Waals surface area contributed by atoms with E-state index in [1.165, 1.54) is 11.4 Å². The molecule has 0 aliphatic rings. The summed E-state index contributed by atoms with van der Waals surface area (Å²) in [6, 6.07) is 3.51. The molecule has 0 heterocycles. The van der Waals surface area contributed by atoms with Gasteiger partial charge in [0.2, 0.25) is 0 Å². The summed E-state index contributed by atoms with van der Waals surface area (Å²) < 4.78 is 48.5. The summed E-state index contributed by atoms with van der Waals surface area (Å²) in [5.41, 5.74) is 0.0698. The van der Waals surface area contributed by atoms with Crippen molar-refractivity contribution in [1.82, 2.24) is 0 Å². The van der Waals surface area contributed by atoms with E-state index in [2.05, 4.69) is 0 Å². The minimum absolute atomic E-state index is 0.483. The van der Waals surface area contributed by atoms with Crippen LogP contribution in [0.1, 0.15) is 5.56 Å². The highest BCUT2D eigenvalue weighted by molar-refractivity contribution is 5.94. The number of hydrogen-bond donors (Lipinski definition) is 1. The molecular weight excluding hydrogens is 214 g/mol. The molecule has 1 rings (SSSR count). The number of anilines is 1. The molecule has 2 nitrogen and oxygen atoms in total. The summed E-state index contributed by atoms with van der Waals surface area (Å²) in [5.74, 6) is -3.09. The minimum atomic E-state index is -5.02. The Balaban J connectivity index is 2.87. The van der Waals surface area contributed by atoms with Crippen LogP contribution in [-0.4, -0.2) is 12.1 Å². The van der Waals surface area contributed by atoms with Crippen molar-refractivity contribution in [3.63, 3.8) is 0 Å². The van der Waals surface area contributed by atoms with E-state index in [0.29, 0.717) is 5.56 Å². The number of nitrogens with one attached hydrogen (secondary N) is 1. The van der Waals surface area contributed by atoms with Gasteiger partial charge in [0.25, 0.3) is 0 Å². The van der Waals surface area contributed by atoms with Gasteiger partial charge >= 0.3 is 12.1 Å². The Labute approximate surface area is 82.9 Å². The number of carbonyl (C=O) groups excluding carboxylic acids is 1. The second kappa shape index (κ2) is 3.88. The lowest BCUT2D eigenvalue weighted by Gasteiger charge is -2.08. The van der Waals surface area contributed by atoms with Crippen LogP contribution >= 0.6 is 0 Å². The maximum Gasteiger partial charge on any atom is 0.471 e. The van der Waals surface area contributed by atoms with E-state index < -0.39 is 23.6 Å². The Morgan fingerprint density at radius 3 is 2.40 bits per heavy atom. The molecule has 0 fully saturated rings. The van der Waals surface area contributed by atoms with E-state index in [0.717, 1.165) is 12.1 Å². The molecule has 0 unspecified atom stereocenters. The molecule has 1 aromatic carbocycles. The van der Waals surface area contributed by atoms with Gasteiger partial charge < -0.3 is 5.32 Å². The largest absolute Gasteiger partial charge is 0.471 e. The molecule has 0 aliphatic carbocycles. The van der Waals surface area contributed by atoms with Crippen LogP contribution in [0.2, 0.25) is 0 Å². The molecule has 6 heteroatoms. The van der Waals surface area contributed by atoms with Gasteiger partial charge in [0.05, 0.1) is 5.69 Å². The average Bonchev–Trinajstić information content (AvgIpc) is 2.08. The maximum atomic E-state index is 13.0. The molecule has 1 aromatic rings. The number of halogens is 4. The van der Waals surface area contributed by atoms with E-state index in [4.69, 9.17) is 0 Å². The first-order valence-corrected chi connectivity index (χ1v) is 3.95. The van der Waals surface area contributed by atoms with Crippen molar-refractivity contribution in [1.29, 1.82) is 0 Å². The van der Waals surface area contributed by atoms with Crippen LogP contribution in [0.25, 0.3) is 0 Å². The predicted octanol–water partition coefficient (Wildman–Crippen LogP) is 2.63. The highest BCUT2D eigenvalue weighted by Crippen LogP contribution is 2.20. The monoisotopic (exact) mass is 221 g/mol. The first-order valence-electron chi connectivity index (χ1n) is 3.95.